The van der Waals surface area contributed by atoms with E-state index in [1.807, 2.05) is 18.2 Å². The van der Waals surface area contributed by atoms with Crippen LogP contribution in [0, 0.1) is 0 Å². The molecule has 2 aromatic rings. The van der Waals surface area contributed by atoms with Gasteiger partial charge in [-0.2, -0.15) is 0 Å². The van der Waals surface area contributed by atoms with E-state index < -0.39 is 5.97 Å². The lowest BCUT2D eigenvalue weighted by molar-refractivity contribution is -0.129. The Balaban J connectivity index is 1.61. The van der Waals surface area contributed by atoms with E-state index in [0.717, 1.165) is 18.4 Å². The van der Waals surface area contributed by atoms with Crippen LogP contribution >= 0.6 is 0 Å². The second-order valence-electron chi connectivity index (χ2n) is 6.16. The number of ether oxygens (including phenoxy) is 3. The van der Waals surface area contributed by atoms with E-state index in [4.69, 9.17) is 14.2 Å². The van der Waals surface area contributed by atoms with E-state index in [-0.39, 0.29) is 5.75 Å². The van der Waals surface area contributed by atoms with E-state index in [9.17, 15) is 9.90 Å². The van der Waals surface area contributed by atoms with E-state index in [2.05, 4.69) is 0 Å². The first-order valence-corrected chi connectivity index (χ1v) is 8.62. The number of phenols is 1. The largest absolute Gasteiger partial charge is 0.504 e. The molecule has 2 aromatic carbocycles. The van der Waals surface area contributed by atoms with Crippen molar-refractivity contribution in [3.8, 4) is 17.2 Å². The van der Waals surface area contributed by atoms with Gasteiger partial charge in [-0.3, -0.25) is 0 Å². The summed E-state index contributed by atoms with van der Waals surface area (Å²) in [6.07, 6.45) is 6.63. The first-order chi connectivity index (χ1) is 12.7. The molecule has 26 heavy (non-hydrogen) atoms. The van der Waals surface area contributed by atoms with Crippen molar-refractivity contribution in [3.63, 3.8) is 0 Å². The van der Waals surface area contributed by atoms with Gasteiger partial charge >= 0.3 is 5.97 Å². The number of benzene rings is 2. The molecule has 136 valence electrons. The second-order valence-corrected chi connectivity index (χ2v) is 6.16. The third kappa shape index (κ3) is 4.64. The molecule has 0 amide bonds. The SMILES string of the molecule is COc1ccc(C=CC(=O)Oc2ccccc2COC2CCC2)cc1O. The van der Waals surface area contributed by atoms with E-state index >= 15 is 0 Å². The molecule has 0 radical (unpaired) electrons. The molecule has 0 aliphatic heterocycles. The Kier molecular flexibility index (Phi) is 5.92. The van der Waals surface area contributed by atoms with Crippen molar-refractivity contribution in [1.29, 1.82) is 0 Å². The molecule has 1 fully saturated rings. The van der Waals surface area contributed by atoms with E-state index in [1.165, 1.54) is 25.7 Å². The Labute approximate surface area is 152 Å². The summed E-state index contributed by atoms with van der Waals surface area (Å²) in [5.41, 5.74) is 1.52. The average Bonchev–Trinajstić information content (AvgIpc) is 2.60. The van der Waals surface area contributed by atoms with Crippen molar-refractivity contribution in [2.45, 2.75) is 32.0 Å². The quantitative estimate of drug-likeness (QED) is 0.461. The summed E-state index contributed by atoms with van der Waals surface area (Å²) in [6, 6.07) is 12.3. The molecule has 5 nitrogen and oxygen atoms in total. The lowest BCUT2D eigenvalue weighted by Crippen LogP contribution is -2.21. The highest BCUT2D eigenvalue weighted by molar-refractivity contribution is 5.89. The van der Waals surface area contributed by atoms with Crippen LogP contribution in [0.15, 0.2) is 48.5 Å². The van der Waals surface area contributed by atoms with Crippen LogP contribution in [-0.4, -0.2) is 24.3 Å². The molecule has 3 rings (SSSR count). The Hall–Kier alpha value is -2.79. The summed E-state index contributed by atoms with van der Waals surface area (Å²) in [4.78, 5) is 12.1. The minimum atomic E-state index is -0.489. The molecule has 1 saturated carbocycles. The minimum Gasteiger partial charge on any atom is -0.504 e. The number of carbonyl (C=O) groups excluding carboxylic acids is 1. The molecule has 0 atom stereocenters. The highest BCUT2D eigenvalue weighted by Crippen LogP contribution is 2.27. The molecule has 0 spiro atoms. The van der Waals surface area contributed by atoms with Gasteiger partial charge in [0, 0.05) is 11.6 Å². The molecule has 1 aliphatic carbocycles. The van der Waals surface area contributed by atoms with Gasteiger partial charge in [-0.05, 0) is 49.1 Å². The Morgan fingerprint density at radius 1 is 1.19 bits per heavy atom. The zero-order chi connectivity index (χ0) is 18.4. The predicted molar refractivity (Wildman–Crippen MR) is 98.2 cm³/mol. The molecule has 1 aliphatic rings. The third-order valence-corrected chi connectivity index (χ3v) is 4.32. The zero-order valence-electron chi connectivity index (χ0n) is 14.7. The van der Waals surface area contributed by atoms with Gasteiger partial charge in [0.2, 0.25) is 0 Å². The van der Waals surface area contributed by atoms with Crippen LogP contribution in [0.5, 0.6) is 17.2 Å². The highest BCUT2D eigenvalue weighted by Gasteiger charge is 2.18. The van der Waals surface area contributed by atoms with E-state index in [0.29, 0.717) is 29.8 Å². The normalized spacial score (nSPS) is 14.2. The molecule has 5 heteroatoms. The monoisotopic (exact) mass is 354 g/mol. The fourth-order valence-corrected chi connectivity index (χ4v) is 2.59. The number of hydrogen-bond acceptors (Lipinski definition) is 5. The van der Waals surface area contributed by atoms with Crippen LogP contribution in [0.25, 0.3) is 6.08 Å². The number of rotatable bonds is 7. The van der Waals surface area contributed by atoms with Gasteiger partial charge < -0.3 is 19.3 Å². The minimum absolute atomic E-state index is 0.0153. The van der Waals surface area contributed by atoms with Crippen LogP contribution in [0.1, 0.15) is 30.4 Å². The molecule has 0 unspecified atom stereocenters. The second kappa shape index (κ2) is 8.54. The van der Waals surface area contributed by atoms with Crippen molar-refractivity contribution in [2.24, 2.45) is 0 Å². The Morgan fingerprint density at radius 2 is 2.00 bits per heavy atom. The van der Waals surface area contributed by atoms with Crippen LogP contribution in [0.4, 0.5) is 0 Å². The summed E-state index contributed by atoms with van der Waals surface area (Å²) in [6.45, 7) is 0.435. The van der Waals surface area contributed by atoms with Crippen molar-refractivity contribution in [1.82, 2.24) is 0 Å². The number of phenolic OH excluding ortho intramolecular Hbond substituents is 1. The smallest absolute Gasteiger partial charge is 0.336 e. The maximum Gasteiger partial charge on any atom is 0.336 e. The number of hydrogen-bond donors (Lipinski definition) is 1. The third-order valence-electron chi connectivity index (χ3n) is 4.32. The van der Waals surface area contributed by atoms with Crippen molar-refractivity contribution in [3.05, 3.63) is 59.7 Å². The average molecular weight is 354 g/mol. The molecule has 0 heterocycles. The summed E-state index contributed by atoms with van der Waals surface area (Å²) in [7, 11) is 1.48. The number of methoxy groups -OCH3 is 1. The van der Waals surface area contributed by atoms with Gasteiger partial charge in [0.1, 0.15) is 5.75 Å². The van der Waals surface area contributed by atoms with Gasteiger partial charge in [0.05, 0.1) is 19.8 Å². The van der Waals surface area contributed by atoms with Crippen molar-refractivity contribution < 1.29 is 24.1 Å². The van der Waals surface area contributed by atoms with Crippen molar-refractivity contribution in [2.75, 3.05) is 7.11 Å². The summed E-state index contributed by atoms with van der Waals surface area (Å²) in [5, 5.41) is 9.77. The zero-order valence-corrected chi connectivity index (χ0v) is 14.7. The summed E-state index contributed by atoms with van der Waals surface area (Å²) >= 11 is 0. The Morgan fingerprint density at radius 3 is 2.69 bits per heavy atom. The van der Waals surface area contributed by atoms with Gasteiger partial charge in [0.15, 0.2) is 11.5 Å². The van der Waals surface area contributed by atoms with Crippen LogP contribution in [0.2, 0.25) is 0 Å². The van der Waals surface area contributed by atoms with Crippen LogP contribution < -0.4 is 9.47 Å². The maximum absolute atomic E-state index is 12.1. The van der Waals surface area contributed by atoms with Gasteiger partial charge in [-0.25, -0.2) is 4.79 Å². The first kappa shape index (κ1) is 18.0. The number of carbonyl (C=O) groups is 1. The predicted octanol–water partition coefficient (Wildman–Crippen LogP) is 4.09. The summed E-state index contributed by atoms with van der Waals surface area (Å²) < 4.78 is 16.2. The fraction of sp³-hybridized carbons (Fsp3) is 0.286. The van der Waals surface area contributed by atoms with Gasteiger partial charge in [-0.1, -0.05) is 24.3 Å². The first-order valence-electron chi connectivity index (χ1n) is 8.62. The Bertz CT molecular complexity index is 793. The summed E-state index contributed by atoms with van der Waals surface area (Å²) in [5.74, 6) is 0.405. The molecule has 0 aromatic heterocycles. The fourth-order valence-electron chi connectivity index (χ4n) is 2.59. The lowest BCUT2D eigenvalue weighted by Gasteiger charge is -2.25. The maximum atomic E-state index is 12.1. The number of aromatic hydroxyl groups is 1. The molecular formula is C21H22O5. The molecule has 0 bridgehead atoms. The van der Waals surface area contributed by atoms with E-state index in [1.54, 1.807) is 24.3 Å². The standard InChI is InChI=1S/C21H22O5/c1-24-20-11-9-15(13-18(20)22)10-12-21(23)26-19-8-3-2-5-16(19)14-25-17-6-4-7-17/h2-3,5,8-13,17,22H,4,6-7,14H2,1H3. The molecular weight excluding hydrogens is 332 g/mol. The molecule has 1 N–H and O–H groups in total. The van der Waals surface area contributed by atoms with Gasteiger partial charge in [-0.15, -0.1) is 0 Å². The topological polar surface area (TPSA) is 65.0 Å². The lowest BCUT2D eigenvalue weighted by atomic mass is 9.96. The van der Waals surface area contributed by atoms with Crippen LogP contribution in [-0.2, 0) is 16.1 Å². The number of para-hydroxylation sites is 1. The van der Waals surface area contributed by atoms with Crippen molar-refractivity contribution >= 4 is 12.0 Å². The highest BCUT2D eigenvalue weighted by atomic mass is 16.5. The van der Waals surface area contributed by atoms with Crippen LogP contribution in [0.3, 0.4) is 0 Å². The van der Waals surface area contributed by atoms with Gasteiger partial charge in [0.25, 0.3) is 0 Å². The molecule has 0 saturated heterocycles. The number of esters is 1.